The molecule has 0 saturated carbocycles. The van der Waals surface area contributed by atoms with Crippen LogP contribution in [0.15, 0.2) is 36.4 Å². The lowest BCUT2D eigenvalue weighted by Gasteiger charge is -2.41. The van der Waals surface area contributed by atoms with Gasteiger partial charge in [0.15, 0.2) is 0 Å². The third-order valence-electron chi connectivity index (χ3n) is 6.71. The largest absolute Gasteiger partial charge is 0.416 e. The SMILES string of the molecule is CN1CCC(COCc2cc(C(F)(F)F)cc(N3CCC(F)(F)C3)n2)(c2ccc(F)cc2)CC1. The van der Waals surface area contributed by atoms with E-state index in [9.17, 15) is 26.3 Å². The van der Waals surface area contributed by atoms with Crippen LogP contribution in [0.25, 0.3) is 0 Å². The number of nitrogens with zero attached hydrogens (tertiary/aromatic N) is 3. The van der Waals surface area contributed by atoms with Crippen molar-refractivity contribution >= 4 is 5.82 Å². The summed E-state index contributed by atoms with van der Waals surface area (Å²) in [5.74, 6) is -3.43. The fourth-order valence-electron chi connectivity index (χ4n) is 4.62. The molecule has 1 aromatic heterocycles. The van der Waals surface area contributed by atoms with Crippen molar-refractivity contribution in [1.29, 1.82) is 0 Å². The van der Waals surface area contributed by atoms with Crippen LogP contribution >= 0.6 is 0 Å². The maximum Gasteiger partial charge on any atom is 0.416 e. The molecule has 0 aliphatic carbocycles. The van der Waals surface area contributed by atoms with Crippen molar-refractivity contribution in [3.63, 3.8) is 0 Å². The van der Waals surface area contributed by atoms with Gasteiger partial charge in [-0.05, 0) is 62.8 Å². The number of halogens is 6. The summed E-state index contributed by atoms with van der Waals surface area (Å²) in [7, 11) is 2.01. The maximum absolute atomic E-state index is 13.6. The molecule has 2 aliphatic heterocycles. The fraction of sp³-hybridized carbons (Fsp3) is 0.542. The first-order valence-electron chi connectivity index (χ1n) is 11.2. The average Bonchev–Trinajstić information content (AvgIpc) is 3.15. The summed E-state index contributed by atoms with van der Waals surface area (Å²) < 4.78 is 87.1. The summed E-state index contributed by atoms with van der Waals surface area (Å²) in [6, 6.07) is 7.93. The Hall–Kier alpha value is -2.33. The number of hydrogen-bond acceptors (Lipinski definition) is 4. The molecular weight excluding hydrogens is 460 g/mol. The normalized spacial score (nSPS) is 20.6. The topological polar surface area (TPSA) is 28.6 Å². The van der Waals surface area contributed by atoms with E-state index in [0.717, 1.165) is 43.6 Å². The summed E-state index contributed by atoms with van der Waals surface area (Å²) in [4.78, 5) is 7.56. The average molecular weight is 487 g/mol. The first-order chi connectivity index (χ1) is 16.0. The van der Waals surface area contributed by atoms with E-state index in [2.05, 4.69) is 9.88 Å². The van der Waals surface area contributed by atoms with Crippen LogP contribution in [0.1, 0.15) is 36.1 Å². The molecule has 2 aromatic rings. The minimum atomic E-state index is -4.64. The molecule has 34 heavy (non-hydrogen) atoms. The van der Waals surface area contributed by atoms with E-state index < -0.39 is 36.0 Å². The summed E-state index contributed by atoms with van der Waals surface area (Å²) in [6.45, 7) is 0.902. The van der Waals surface area contributed by atoms with Crippen molar-refractivity contribution in [2.75, 3.05) is 44.7 Å². The van der Waals surface area contributed by atoms with Crippen molar-refractivity contribution in [3.05, 3.63) is 59.0 Å². The number of benzene rings is 1. The molecule has 186 valence electrons. The van der Waals surface area contributed by atoms with Gasteiger partial charge in [-0.25, -0.2) is 18.2 Å². The number of pyridine rings is 1. The molecule has 2 saturated heterocycles. The number of piperidine rings is 1. The zero-order valence-electron chi connectivity index (χ0n) is 18.8. The van der Waals surface area contributed by atoms with E-state index in [0.29, 0.717) is 0 Å². The quantitative estimate of drug-likeness (QED) is 0.520. The Morgan fingerprint density at radius 2 is 1.68 bits per heavy atom. The van der Waals surface area contributed by atoms with Gasteiger partial charge in [0.05, 0.1) is 31.0 Å². The number of rotatable bonds is 6. The predicted octanol–water partition coefficient (Wildman–Crippen LogP) is 5.27. The minimum absolute atomic E-state index is 0.0298. The molecule has 0 unspecified atom stereocenters. The number of likely N-dealkylation sites (tertiary alicyclic amines) is 1. The third kappa shape index (κ3) is 5.66. The van der Waals surface area contributed by atoms with Crippen LogP contribution in [0, 0.1) is 5.82 Å². The molecule has 0 N–H and O–H groups in total. The molecule has 2 aliphatic rings. The molecule has 4 rings (SSSR count). The molecular formula is C24H27F6N3O. The van der Waals surface area contributed by atoms with Crippen LogP contribution in [0.2, 0.25) is 0 Å². The second-order valence-corrected chi connectivity index (χ2v) is 9.31. The Balaban J connectivity index is 1.53. The van der Waals surface area contributed by atoms with Gasteiger partial charge >= 0.3 is 6.18 Å². The Kier molecular flexibility index (Phi) is 6.83. The van der Waals surface area contributed by atoms with Gasteiger partial charge in [-0.1, -0.05) is 12.1 Å². The Morgan fingerprint density at radius 1 is 1.00 bits per heavy atom. The van der Waals surface area contributed by atoms with E-state index in [-0.39, 0.29) is 37.1 Å². The van der Waals surface area contributed by atoms with E-state index in [1.165, 1.54) is 17.0 Å². The van der Waals surface area contributed by atoms with Crippen molar-refractivity contribution in [1.82, 2.24) is 9.88 Å². The Labute approximate surface area is 194 Å². The van der Waals surface area contributed by atoms with Crippen molar-refractivity contribution < 1.29 is 31.1 Å². The van der Waals surface area contributed by atoms with Crippen LogP contribution in [0.3, 0.4) is 0 Å². The third-order valence-corrected chi connectivity index (χ3v) is 6.71. The monoisotopic (exact) mass is 487 g/mol. The molecule has 0 bridgehead atoms. The van der Waals surface area contributed by atoms with Crippen molar-refractivity contribution in [2.24, 2.45) is 0 Å². The highest BCUT2D eigenvalue weighted by atomic mass is 19.4. The highest BCUT2D eigenvalue weighted by molar-refractivity contribution is 5.45. The highest BCUT2D eigenvalue weighted by Gasteiger charge is 2.40. The Morgan fingerprint density at radius 3 is 2.26 bits per heavy atom. The number of aromatic nitrogens is 1. The van der Waals surface area contributed by atoms with Crippen LogP contribution in [0.4, 0.5) is 32.2 Å². The van der Waals surface area contributed by atoms with E-state index in [4.69, 9.17) is 4.74 Å². The molecule has 10 heteroatoms. The standard InChI is InChI=1S/C24H27F6N3O/c1-32-9-6-22(7-10-32,17-2-4-19(25)5-3-17)16-34-14-20-12-18(24(28,29)30)13-21(31-20)33-11-8-23(26,27)15-33/h2-5,12-13H,6-11,14-16H2,1H3. The summed E-state index contributed by atoms with van der Waals surface area (Å²) in [6.07, 6.45) is -3.57. The van der Waals surface area contributed by atoms with Crippen LogP contribution in [-0.2, 0) is 22.9 Å². The van der Waals surface area contributed by atoms with E-state index in [1.54, 1.807) is 12.1 Å². The summed E-state index contributed by atoms with van der Waals surface area (Å²) >= 11 is 0. The van der Waals surface area contributed by atoms with E-state index in [1.807, 2.05) is 7.05 Å². The van der Waals surface area contributed by atoms with Gasteiger partial charge < -0.3 is 14.5 Å². The molecule has 2 fully saturated rings. The molecule has 4 nitrogen and oxygen atoms in total. The molecule has 0 amide bonds. The molecule has 3 heterocycles. The van der Waals surface area contributed by atoms with Gasteiger partial charge in [-0.2, -0.15) is 13.2 Å². The number of alkyl halides is 5. The molecule has 0 spiro atoms. The minimum Gasteiger partial charge on any atom is -0.374 e. The van der Waals surface area contributed by atoms with Crippen molar-refractivity contribution in [2.45, 2.75) is 43.4 Å². The fourth-order valence-corrected chi connectivity index (χ4v) is 4.62. The van der Waals surface area contributed by atoms with Gasteiger partial charge in [0.2, 0.25) is 0 Å². The lowest BCUT2D eigenvalue weighted by atomic mass is 9.73. The predicted molar refractivity (Wildman–Crippen MR) is 115 cm³/mol. The van der Waals surface area contributed by atoms with Gasteiger partial charge in [-0.15, -0.1) is 0 Å². The lowest BCUT2D eigenvalue weighted by Crippen LogP contribution is -2.43. The number of ether oxygens (including phenoxy) is 1. The summed E-state index contributed by atoms with van der Waals surface area (Å²) in [5.41, 5.74) is -0.401. The van der Waals surface area contributed by atoms with Crippen molar-refractivity contribution in [3.8, 4) is 0 Å². The first kappa shape index (κ1) is 24.8. The highest BCUT2D eigenvalue weighted by Crippen LogP contribution is 2.37. The zero-order valence-corrected chi connectivity index (χ0v) is 18.8. The van der Waals surface area contributed by atoms with Gasteiger partial charge in [0.1, 0.15) is 11.6 Å². The Bertz CT molecular complexity index is 987. The lowest BCUT2D eigenvalue weighted by molar-refractivity contribution is -0.137. The maximum atomic E-state index is 13.6. The first-order valence-corrected chi connectivity index (χ1v) is 11.2. The summed E-state index contributed by atoms with van der Waals surface area (Å²) in [5, 5.41) is 0. The molecule has 0 radical (unpaired) electrons. The second-order valence-electron chi connectivity index (χ2n) is 9.31. The number of hydrogen-bond donors (Lipinski definition) is 0. The van der Waals surface area contributed by atoms with Crippen LogP contribution in [0.5, 0.6) is 0 Å². The van der Waals surface area contributed by atoms with Gasteiger partial charge in [0, 0.05) is 18.4 Å². The van der Waals surface area contributed by atoms with E-state index >= 15 is 0 Å². The zero-order chi connectivity index (χ0) is 24.6. The van der Waals surface area contributed by atoms with Crippen LogP contribution < -0.4 is 4.90 Å². The molecule has 1 aromatic carbocycles. The van der Waals surface area contributed by atoms with Gasteiger partial charge in [-0.3, -0.25) is 0 Å². The second kappa shape index (κ2) is 9.37. The smallest absolute Gasteiger partial charge is 0.374 e. The number of anilines is 1. The van der Waals surface area contributed by atoms with Crippen LogP contribution in [-0.4, -0.2) is 55.6 Å². The van der Waals surface area contributed by atoms with Gasteiger partial charge in [0.25, 0.3) is 5.92 Å². The molecule has 0 atom stereocenters.